The zero-order valence-electron chi connectivity index (χ0n) is 14.9. The molecule has 0 aliphatic carbocycles. The molecule has 138 valence electrons. The first-order valence-electron chi connectivity index (χ1n) is 8.99. The lowest BCUT2D eigenvalue weighted by Crippen LogP contribution is -2.47. The highest BCUT2D eigenvalue weighted by atomic mass is 32.2. The fourth-order valence-electron chi connectivity index (χ4n) is 3.51. The second-order valence-corrected chi connectivity index (χ2v) is 8.97. The van der Waals surface area contributed by atoms with Crippen LogP contribution >= 0.6 is 0 Å². The van der Waals surface area contributed by atoms with Crippen LogP contribution in [0.2, 0.25) is 0 Å². The van der Waals surface area contributed by atoms with Gasteiger partial charge in [0.25, 0.3) is 5.91 Å². The van der Waals surface area contributed by atoms with Crippen LogP contribution in [-0.4, -0.2) is 74.0 Å². The molecule has 0 spiro atoms. The van der Waals surface area contributed by atoms with Crippen LogP contribution in [-0.2, 0) is 16.6 Å². The van der Waals surface area contributed by atoms with Gasteiger partial charge in [0.1, 0.15) is 0 Å². The Morgan fingerprint density at radius 3 is 2.08 bits per heavy atom. The maximum absolute atomic E-state index is 12.5. The number of hydrogen-bond acceptors (Lipinski definition) is 4. The minimum absolute atomic E-state index is 0.132. The lowest BCUT2D eigenvalue weighted by Gasteiger charge is -2.33. The molecule has 0 atom stereocenters. The predicted octanol–water partition coefficient (Wildman–Crippen LogP) is 1.39. The summed E-state index contributed by atoms with van der Waals surface area (Å²) in [6, 6.07) is 7.86. The van der Waals surface area contributed by atoms with E-state index >= 15 is 0 Å². The molecule has 0 bridgehead atoms. The van der Waals surface area contributed by atoms with E-state index in [1.165, 1.54) is 17.0 Å². The highest BCUT2D eigenvalue weighted by Gasteiger charge is 2.23. The molecule has 2 aliphatic rings. The second kappa shape index (κ2) is 7.85. The van der Waals surface area contributed by atoms with Gasteiger partial charge in [-0.15, -0.1) is 0 Å². The van der Waals surface area contributed by atoms with Crippen molar-refractivity contribution >= 4 is 15.9 Å². The Bertz CT molecular complexity index is 689. The van der Waals surface area contributed by atoms with Gasteiger partial charge in [0.05, 0.1) is 6.26 Å². The number of sulfonamides is 1. The zero-order valence-corrected chi connectivity index (χ0v) is 15.7. The first-order chi connectivity index (χ1) is 11.9. The number of benzene rings is 1. The van der Waals surface area contributed by atoms with Crippen LogP contribution in [0.4, 0.5) is 0 Å². The summed E-state index contributed by atoms with van der Waals surface area (Å²) >= 11 is 0. The van der Waals surface area contributed by atoms with Crippen LogP contribution in [0.1, 0.15) is 35.2 Å². The van der Waals surface area contributed by atoms with Crippen molar-refractivity contribution in [3.8, 4) is 0 Å². The molecule has 6 nitrogen and oxygen atoms in total. The third-order valence-corrected chi connectivity index (χ3v) is 6.35. The van der Waals surface area contributed by atoms with Crippen LogP contribution in [0.25, 0.3) is 0 Å². The number of carbonyl (C=O) groups is 1. The Balaban J connectivity index is 1.54. The Hall–Kier alpha value is -1.44. The number of amides is 1. The molecule has 0 radical (unpaired) electrons. The van der Waals surface area contributed by atoms with Crippen molar-refractivity contribution < 1.29 is 13.2 Å². The van der Waals surface area contributed by atoms with E-state index in [-0.39, 0.29) is 5.91 Å². The quantitative estimate of drug-likeness (QED) is 0.809. The number of nitrogens with zero attached hydrogens (tertiary/aromatic N) is 3. The molecule has 0 aromatic heterocycles. The van der Waals surface area contributed by atoms with Gasteiger partial charge in [-0.1, -0.05) is 12.1 Å². The highest BCUT2D eigenvalue weighted by Crippen LogP contribution is 2.15. The van der Waals surface area contributed by atoms with Gasteiger partial charge < -0.3 is 4.90 Å². The van der Waals surface area contributed by atoms with Crippen LogP contribution in [0, 0.1) is 0 Å². The van der Waals surface area contributed by atoms with Crippen molar-refractivity contribution in [3.05, 3.63) is 35.4 Å². The molecule has 0 saturated carbocycles. The molecule has 0 N–H and O–H groups in total. The number of carbonyl (C=O) groups excluding carboxylic acids is 1. The third kappa shape index (κ3) is 4.80. The van der Waals surface area contributed by atoms with E-state index in [0.29, 0.717) is 13.1 Å². The average molecular weight is 365 g/mol. The summed E-state index contributed by atoms with van der Waals surface area (Å²) in [5.74, 6) is 0.132. The molecule has 1 aromatic carbocycles. The Labute approximate surface area is 150 Å². The van der Waals surface area contributed by atoms with Crippen molar-refractivity contribution in [3.63, 3.8) is 0 Å². The zero-order chi connectivity index (χ0) is 17.9. The molecule has 3 rings (SSSR count). The van der Waals surface area contributed by atoms with Gasteiger partial charge in [-0.25, -0.2) is 8.42 Å². The third-order valence-electron chi connectivity index (χ3n) is 5.05. The molecule has 2 saturated heterocycles. The lowest BCUT2D eigenvalue weighted by atomic mass is 10.1. The van der Waals surface area contributed by atoms with Gasteiger partial charge in [0.2, 0.25) is 10.0 Å². The molecule has 25 heavy (non-hydrogen) atoms. The highest BCUT2D eigenvalue weighted by molar-refractivity contribution is 7.88. The summed E-state index contributed by atoms with van der Waals surface area (Å²) in [6.07, 6.45) is 4.68. The summed E-state index contributed by atoms with van der Waals surface area (Å²) in [5.41, 5.74) is 1.91. The number of rotatable bonds is 4. The van der Waals surface area contributed by atoms with Gasteiger partial charge >= 0.3 is 0 Å². The molecular weight excluding hydrogens is 338 g/mol. The van der Waals surface area contributed by atoms with Gasteiger partial charge in [-0.2, -0.15) is 4.31 Å². The maximum atomic E-state index is 12.5. The fraction of sp³-hybridized carbons (Fsp3) is 0.611. The first kappa shape index (κ1) is 18.4. The van der Waals surface area contributed by atoms with E-state index in [9.17, 15) is 13.2 Å². The minimum atomic E-state index is -3.08. The number of hydrogen-bond donors (Lipinski definition) is 0. The number of piperazine rings is 1. The fourth-order valence-corrected chi connectivity index (χ4v) is 4.34. The molecule has 1 amide bonds. The van der Waals surface area contributed by atoms with Gasteiger partial charge in [0, 0.05) is 51.4 Å². The monoisotopic (exact) mass is 365 g/mol. The molecule has 0 unspecified atom stereocenters. The van der Waals surface area contributed by atoms with E-state index in [1.807, 2.05) is 29.2 Å². The van der Waals surface area contributed by atoms with Crippen molar-refractivity contribution in [2.45, 2.75) is 25.8 Å². The SMILES string of the molecule is CS(=O)(=O)N1CCN(Cc2ccc(C(=O)N3CCCCC3)cc2)CC1. The van der Waals surface area contributed by atoms with Crippen molar-refractivity contribution in [2.24, 2.45) is 0 Å². The van der Waals surface area contributed by atoms with Crippen LogP contribution < -0.4 is 0 Å². The van der Waals surface area contributed by atoms with Gasteiger partial charge in [0.15, 0.2) is 0 Å². The van der Waals surface area contributed by atoms with E-state index < -0.39 is 10.0 Å². The Morgan fingerprint density at radius 1 is 0.920 bits per heavy atom. The smallest absolute Gasteiger partial charge is 0.253 e. The average Bonchev–Trinajstić information content (AvgIpc) is 2.62. The number of likely N-dealkylation sites (tertiary alicyclic amines) is 1. The molecule has 2 fully saturated rings. The van der Waals surface area contributed by atoms with E-state index in [0.717, 1.165) is 56.7 Å². The molecule has 2 aliphatic heterocycles. The second-order valence-electron chi connectivity index (χ2n) is 6.99. The Morgan fingerprint density at radius 2 is 1.52 bits per heavy atom. The van der Waals surface area contributed by atoms with E-state index in [4.69, 9.17) is 0 Å². The molecule has 7 heteroatoms. The van der Waals surface area contributed by atoms with Crippen LogP contribution in [0.3, 0.4) is 0 Å². The standard InChI is InChI=1S/C18H27N3O3S/c1-25(23,24)21-13-11-19(12-14-21)15-16-5-7-17(8-6-16)18(22)20-9-3-2-4-10-20/h5-8H,2-4,9-15H2,1H3. The first-order valence-corrected chi connectivity index (χ1v) is 10.8. The van der Waals surface area contributed by atoms with Crippen molar-refractivity contribution in [2.75, 3.05) is 45.5 Å². The van der Waals surface area contributed by atoms with Gasteiger partial charge in [-0.05, 0) is 37.0 Å². The van der Waals surface area contributed by atoms with Crippen molar-refractivity contribution in [1.29, 1.82) is 0 Å². The summed E-state index contributed by atoms with van der Waals surface area (Å²) in [5, 5.41) is 0. The topological polar surface area (TPSA) is 60.9 Å². The van der Waals surface area contributed by atoms with Gasteiger partial charge in [-0.3, -0.25) is 9.69 Å². The van der Waals surface area contributed by atoms with Crippen molar-refractivity contribution in [1.82, 2.24) is 14.1 Å². The van der Waals surface area contributed by atoms with Crippen LogP contribution in [0.5, 0.6) is 0 Å². The molecule has 1 aromatic rings. The molecule has 2 heterocycles. The van der Waals surface area contributed by atoms with E-state index in [1.54, 1.807) is 0 Å². The minimum Gasteiger partial charge on any atom is -0.339 e. The molecular formula is C18H27N3O3S. The Kier molecular flexibility index (Phi) is 5.76. The lowest BCUT2D eigenvalue weighted by molar-refractivity contribution is 0.0724. The predicted molar refractivity (Wildman–Crippen MR) is 97.9 cm³/mol. The van der Waals surface area contributed by atoms with Crippen LogP contribution in [0.15, 0.2) is 24.3 Å². The van der Waals surface area contributed by atoms with E-state index in [2.05, 4.69) is 4.90 Å². The largest absolute Gasteiger partial charge is 0.339 e. The summed E-state index contributed by atoms with van der Waals surface area (Å²) in [7, 11) is -3.08. The summed E-state index contributed by atoms with van der Waals surface area (Å²) in [4.78, 5) is 16.7. The summed E-state index contributed by atoms with van der Waals surface area (Å²) in [6.45, 7) is 5.09. The normalized spacial score (nSPS) is 20.6. The maximum Gasteiger partial charge on any atom is 0.253 e. The summed E-state index contributed by atoms with van der Waals surface area (Å²) < 4.78 is 24.6. The number of piperidine rings is 1.